The molecule has 1 aromatic carbocycles. The van der Waals surface area contributed by atoms with Gasteiger partial charge in [0.05, 0.1) is 12.7 Å². The summed E-state index contributed by atoms with van der Waals surface area (Å²) in [7, 11) is 1.61. The molecule has 1 fully saturated rings. The summed E-state index contributed by atoms with van der Waals surface area (Å²) in [5.74, 6) is 1.36. The van der Waals surface area contributed by atoms with Crippen molar-refractivity contribution in [3.05, 3.63) is 29.8 Å². The van der Waals surface area contributed by atoms with Crippen molar-refractivity contribution in [2.75, 3.05) is 33.3 Å². The van der Waals surface area contributed by atoms with E-state index in [1.807, 2.05) is 29.2 Å². The Morgan fingerprint density at radius 2 is 2.05 bits per heavy atom. The number of carbonyl (C=O) groups excluding carboxylic acids is 1. The molecule has 0 bridgehead atoms. The van der Waals surface area contributed by atoms with Crippen LogP contribution in [0.5, 0.6) is 5.75 Å². The number of hydrogen-bond acceptors (Lipinski definition) is 3. The number of piperidine rings is 1. The summed E-state index contributed by atoms with van der Waals surface area (Å²) in [5.41, 5.74) is 0.669. The first-order valence-electron chi connectivity index (χ1n) is 7.89. The minimum Gasteiger partial charge on any atom is -0.496 e. The molecule has 116 valence electrons. The van der Waals surface area contributed by atoms with Gasteiger partial charge in [-0.1, -0.05) is 19.1 Å². The summed E-state index contributed by atoms with van der Waals surface area (Å²) >= 11 is 0. The average molecular weight is 290 g/mol. The molecule has 0 aliphatic carbocycles. The lowest BCUT2D eigenvalue weighted by Gasteiger charge is -2.30. The van der Waals surface area contributed by atoms with Gasteiger partial charge in [-0.3, -0.25) is 4.79 Å². The molecule has 1 aliphatic rings. The van der Waals surface area contributed by atoms with Gasteiger partial charge in [-0.25, -0.2) is 0 Å². The number of carbonyl (C=O) groups is 1. The summed E-state index contributed by atoms with van der Waals surface area (Å²) in [6.45, 7) is 5.90. The van der Waals surface area contributed by atoms with Crippen LogP contribution in [0.4, 0.5) is 0 Å². The van der Waals surface area contributed by atoms with Crippen molar-refractivity contribution < 1.29 is 9.53 Å². The van der Waals surface area contributed by atoms with Crippen molar-refractivity contribution >= 4 is 5.91 Å². The molecule has 1 N–H and O–H groups in total. The number of nitrogens with one attached hydrogen (secondary N) is 1. The quantitative estimate of drug-likeness (QED) is 0.875. The molecule has 4 nitrogen and oxygen atoms in total. The zero-order valence-electron chi connectivity index (χ0n) is 13.1. The SMILES string of the molecule is CCCN(CC1CCNCC1)C(=O)c1ccccc1OC. The Kier molecular flexibility index (Phi) is 6.05. The molecule has 1 heterocycles. The molecule has 0 aromatic heterocycles. The molecule has 1 amide bonds. The van der Waals surface area contributed by atoms with Gasteiger partial charge in [0.1, 0.15) is 5.75 Å². The third-order valence-electron chi connectivity index (χ3n) is 4.06. The minimum absolute atomic E-state index is 0.0906. The number of hydrogen-bond donors (Lipinski definition) is 1. The zero-order valence-corrected chi connectivity index (χ0v) is 13.1. The molecule has 4 heteroatoms. The molecule has 0 saturated carbocycles. The van der Waals surface area contributed by atoms with E-state index in [1.54, 1.807) is 7.11 Å². The lowest BCUT2D eigenvalue weighted by Crippen LogP contribution is -2.39. The summed E-state index contributed by atoms with van der Waals surface area (Å²) in [4.78, 5) is 14.8. The van der Waals surface area contributed by atoms with Crippen LogP contribution in [0.25, 0.3) is 0 Å². The number of nitrogens with zero attached hydrogens (tertiary/aromatic N) is 1. The second kappa shape index (κ2) is 8.03. The number of methoxy groups -OCH3 is 1. The van der Waals surface area contributed by atoms with Crippen LogP contribution in [0.15, 0.2) is 24.3 Å². The van der Waals surface area contributed by atoms with Gasteiger partial charge in [0.25, 0.3) is 5.91 Å². The maximum Gasteiger partial charge on any atom is 0.257 e. The molecule has 1 aromatic rings. The number of amides is 1. The van der Waals surface area contributed by atoms with E-state index in [1.165, 1.54) is 0 Å². The summed E-state index contributed by atoms with van der Waals surface area (Å²) in [6, 6.07) is 7.49. The molecule has 1 saturated heterocycles. The van der Waals surface area contributed by atoms with Crippen LogP contribution in [0.1, 0.15) is 36.5 Å². The van der Waals surface area contributed by atoms with Crippen LogP contribution in [-0.4, -0.2) is 44.1 Å². The number of rotatable bonds is 6. The number of para-hydroxylation sites is 1. The molecule has 1 aliphatic heterocycles. The second-order valence-electron chi connectivity index (χ2n) is 5.64. The van der Waals surface area contributed by atoms with Gasteiger partial charge in [-0.2, -0.15) is 0 Å². The first-order chi connectivity index (χ1) is 10.3. The first kappa shape index (κ1) is 15.8. The van der Waals surface area contributed by atoms with Crippen molar-refractivity contribution in [2.24, 2.45) is 5.92 Å². The average Bonchev–Trinajstić information content (AvgIpc) is 2.54. The van der Waals surface area contributed by atoms with Gasteiger partial charge in [0.2, 0.25) is 0 Å². The molecule has 0 atom stereocenters. The molecule has 21 heavy (non-hydrogen) atoms. The van der Waals surface area contributed by atoms with E-state index in [0.29, 0.717) is 17.2 Å². The highest BCUT2D eigenvalue weighted by atomic mass is 16.5. The largest absolute Gasteiger partial charge is 0.496 e. The monoisotopic (exact) mass is 290 g/mol. The van der Waals surface area contributed by atoms with E-state index in [0.717, 1.165) is 45.4 Å². The van der Waals surface area contributed by atoms with Crippen molar-refractivity contribution in [1.29, 1.82) is 0 Å². The van der Waals surface area contributed by atoms with E-state index in [4.69, 9.17) is 4.74 Å². The van der Waals surface area contributed by atoms with Crippen molar-refractivity contribution in [2.45, 2.75) is 26.2 Å². The zero-order chi connectivity index (χ0) is 15.1. The van der Waals surface area contributed by atoms with Crippen LogP contribution in [0, 0.1) is 5.92 Å². The number of ether oxygens (including phenoxy) is 1. The highest BCUT2D eigenvalue weighted by molar-refractivity contribution is 5.96. The molecule has 0 radical (unpaired) electrons. The summed E-state index contributed by atoms with van der Waals surface area (Å²) in [6.07, 6.45) is 3.28. The Hall–Kier alpha value is -1.55. The summed E-state index contributed by atoms with van der Waals surface area (Å²) < 4.78 is 5.33. The van der Waals surface area contributed by atoms with Gasteiger partial charge < -0.3 is 15.0 Å². The van der Waals surface area contributed by atoms with Gasteiger partial charge in [0.15, 0.2) is 0 Å². The predicted molar refractivity (Wildman–Crippen MR) is 84.8 cm³/mol. The van der Waals surface area contributed by atoms with E-state index >= 15 is 0 Å². The number of benzene rings is 1. The Labute approximate surface area is 127 Å². The molecule has 0 unspecified atom stereocenters. The van der Waals surface area contributed by atoms with Crippen LogP contribution in [0.2, 0.25) is 0 Å². The van der Waals surface area contributed by atoms with Crippen LogP contribution < -0.4 is 10.1 Å². The normalized spacial score (nSPS) is 15.7. The van der Waals surface area contributed by atoms with E-state index in [9.17, 15) is 4.79 Å². The van der Waals surface area contributed by atoms with Gasteiger partial charge in [-0.05, 0) is 50.4 Å². The standard InChI is InChI=1S/C17H26N2O2/c1-3-12-19(13-14-8-10-18-11-9-14)17(20)15-6-4-5-7-16(15)21-2/h4-7,14,18H,3,8-13H2,1-2H3. The van der Waals surface area contributed by atoms with Crippen LogP contribution >= 0.6 is 0 Å². The van der Waals surface area contributed by atoms with Gasteiger partial charge in [-0.15, -0.1) is 0 Å². The van der Waals surface area contributed by atoms with E-state index in [2.05, 4.69) is 12.2 Å². The van der Waals surface area contributed by atoms with Gasteiger partial charge >= 0.3 is 0 Å². The Balaban J connectivity index is 2.10. The fraction of sp³-hybridized carbons (Fsp3) is 0.588. The molecular weight excluding hydrogens is 264 g/mol. The summed E-state index contributed by atoms with van der Waals surface area (Å²) in [5, 5.41) is 3.38. The van der Waals surface area contributed by atoms with Crippen molar-refractivity contribution in [1.82, 2.24) is 10.2 Å². The third kappa shape index (κ3) is 4.21. The van der Waals surface area contributed by atoms with Crippen molar-refractivity contribution in [3.63, 3.8) is 0 Å². The fourth-order valence-corrected chi connectivity index (χ4v) is 2.91. The van der Waals surface area contributed by atoms with E-state index in [-0.39, 0.29) is 5.91 Å². The predicted octanol–water partition coefficient (Wildman–Crippen LogP) is 2.55. The van der Waals surface area contributed by atoms with E-state index < -0.39 is 0 Å². The van der Waals surface area contributed by atoms with Crippen LogP contribution in [0.3, 0.4) is 0 Å². The minimum atomic E-state index is 0.0906. The smallest absolute Gasteiger partial charge is 0.257 e. The van der Waals surface area contributed by atoms with Gasteiger partial charge in [0, 0.05) is 13.1 Å². The Bertz CT molecular complexity index is 456. The topological polar surface area (TPSA) is 41.6 Å². The van der Waals surface area contributed by atoms with Crippen LogP contribution in [-0.2, 0) is 0 Å². The lowest BCUT2D eigenvalue weighted by molar-refractivity contribution is 0.0713. The first-order valence-corrected chi connectivity index (χ1v) is 7.89. The fourth-order valence-electron chi connectivity index (χ4n) is 2.91. The molecule has 0 spiro atoms. The Morgan fingerprint density at radius 3 is 2.71 bits per heavy atom. The second-order valence-corrected chi connectivity index (χ2v) is 5.64. The highest BCUT2D eigenvalue weighted by Crippen LogP contribution is 2.21. The maximum atomic E-state index is 12.8. The maximum absolute atomic E-state index is 12.8. The highest BCUT2D eigenvalue weighted by Gasteiger charge is 2.23. The molecule has 2 rings (SSSR count). The third-order valence-corrected chi connectivity index (χ3v) is 4.06. The Morgan fingerprint density at radius 1 is 1.33 bits per heavy atom. The van der Waals surface area contributed by atoms with Crippen molar-refractivity contribution in [3.8, 4) is 5.75 Å². The lowest BCUT2D eigenvalue weighted by atomic mass is 9.97. The molecular formula is C17H26N2O2.